The van der Waals surface area contributed by atoms with Gasteiger partial charge in [0.1, 0.15) is 48.5 Å². The number of Topliss-reactive ketones (excluding diaryl/α,β-unsaturated/α-hetero) is 1. The van der Waals surface area contributed by atoms with Gasteiger partial charge in [0.25, 0.3) is 6.23 Å². The number of aliphatic hydroxyl groups is 2. The van der Waals surface area contributed by atoms with E-state index in [1.807, 2.05) is 42.8 Å². The van der Waals surface area contributed by atoms with Crippen molar-refractivity contribution in [1.82, 2.24) is 0 Å². The average Bonchev–Trinajstić information content (AvgIpc) is 3.96. The fourth-order valence-corrected chi connectivity index (χ4v) is 10.9. The summed E-state index contributed by atoms with van der Waals surface area (Å²) in [6, 6.07) is 9.90. The van der Waals surface area contributed by atoms with E-state index in [9.17, 15) is 15.0 Å². The summed E-state index contributed by atoms with van der Waals surface area (Å²) < 4.78 is 13.4. The summed E-state index contributed by atoms with van der Waals surface area (Å²) in [4.78, 5) is 23.9. The first kappa shape index (κ1) is 36.6. The van der Waals surface area contributed by atoms with Crippen LogP contribution in [0.25, 0.3) is 0 Å². The van der Waals surface area contributed by atoms with Crippen molar-refractivity contribution in [3.05, 3.63) is 93.3 Å². The van der Waals surface area contributed by atoms with Crippen LogP contribution >= 0.6 is 0 Å². The van der Waals surface area contributed by atoms with Crippen LogP contribution in [0.2, 0.25) is 0 Å². The molecule has 5 heterocycles. The summed E-state index contributed by atoms with van der Waals surface area (Å²) in [7, 11) is 0. The molecule has 9 heteroatoms. The van der Waals surface area contributed by atoms with Crippen molar-refractivity contribution >= 4 is 18.2 Å². The van der Waals surface area contributed by atoms with Gasteiger partial charge in [0.2, 0.25) is 0 Å². The smallest absolute Gasteiger partial charge is 0.252 e. The molecular formula is C48H51N4O5+. The lowest BCUT2D eigenvalue weighted by molar-refractivity contribution is -0.891. The largest absolute Gasteiger partial charge is 0.437 e. The minimum absolute atomic E-state index is 0.0347. The highest BCUT2D eigenvalue weighted by Gasteiger charge is 2.51. The molecule has 1 fully saturated rings. The molecule has 0 aromatic heterocycles. The third kappa shape index (κ3) is 6.50. The monoisotopic (exact) mass is 763 g/mol. The molecule has 0 amide bonds. The number of ketones is 1. The highest BCUT2D eigenvalue weighted by Crippen LogP contribution is 2.51. The SMILES string of the molecule is C[C@@H]1C=C[C@H]([C@@H](O)CC(=O)CCc2ccc3c(c2)O[C@@H]2[C@@H](C#C[C@H](O)c4ccc5c6c4[C@H](CC[C@H]6C=N[C@@H]5N)C4=C5C[NH+]2C=C5N=C4)C2(C#CO3)CCCC2)CC1. The van der Waals surface area contributed by atoms with Gasteiger partial charge in [0, 0.05) is 48.6 Å². The highest BCUT2D eigenvalue weighted by atomic mass is 16.5. The van der Waals surface area contributed by atoms with E-state index in [0.717, 1.165) is 84.2 Å². The first-order valence-electron chi connectivity index (χ1n) is 21.1. The van der Waals surface area contributed by atoms with Crippen molar-refractivity contribution in [2.75, 3.05) is 6.54 Å². The molecule has 10 atom stereocenters. The number of nitrogens with zero attached hydrogens (tertiary/aromatic N) is 2. The molecule has 2 bridgehead atoms. The zero-order valence-corrected chi connectivity index (χ0v) is 32.5. The number of hydrogen-bond acceptors (Lipinski definition) is 8. The number of nitrogens with one attached hydrogen (secondary N) is 1. The van der Waals surface area contributed by atoms with Gasteiger partial charge < -0.3 is 25.4 Å². The Labute approximate surface area is 334 Å². The number of allylic oxidation sites excluding steroid dienone is 2. The van der Waals surface area contributed by atoms with Gasteiger partial charge in [-0.1, -0.05) is 67.9 Å². The molecule has 3 aliphatic carbocycles. The Morgan fingerprint density at radius 3 is 2.75 bits per heavy atom. The molecule has 1 saturated carbocycles. The van der Waals surface area contributed by atoms with E-state index in [1.54, 1.807) is 0 Å². The number of hydrogen-bond donors (Lipinski definition) is 4. The van der Waals surface area contributed by atoms with E-state index in [-0.39, 0.29) is 35.9 Å². The lowest BCUT2D eigenvalue weighted by Gasteiger charge is -2.38. The molecule has 2 aromatic carbocycles. The zero-order chi connectivity index (χ0) is 38.8. The molecule has 1 unspecified atom stereocenters. The first-order chi connectivity index (χ1) is 27.7. The average molecular weight is 764 g/mol. The standard InChI is InChI=1S/C48H50N4O5/c1-28-4-8-30(9-5-28)41(55)23-32(53)11-6-29-7-17-42-43(22-29)57-47-38(48(20-21-56-42)18-2-3-19-48)15-16-40(54)34-13-14-35-44-31(24-51-46(35)49)10-12-33(45(34)44)36-25-50-39-27-52(47)26-37(36)39/h4,7-8,13-14,17,22,24-25,27-28,30-31,33,38,40-41,46-47,54-55H,2-3,5-6,9-12,18-19,23,26,49H2,1H3/p+1/t28-,30+,31+,33-,38-,40+,41+,46+,47-/m1/s1. The molecule has 0 saturated heterocycles. The third-order valence-electron chi connectivity index (χ3n) is 14.1. The van der Waals surface area contributed by atoms with Crippen molar-refractivity contribution < 1.29 is 29.4 Å². The van der Waals surface area contributed by atoms with Crippen LogP contribution in [0.1, 0.15) is 123 Å². The second-order valence-electron chi connectivity index (χ2n) is 17.6. The Morgan fingerprint density at radius 2 is 1.91 bits per heavy atom. The van der Waals surface area contributed by atoms with E-state index in [2.05, 4.69) is 54.1 Å². The summed E-state index contributed by atoms with van der Waals surface area (Å²) in [6.45, 7) is 2.87. The van der Waals surface area contributed by atoms with Crippen LogP contribution in [0.3, 0.4) is 0 Å². The fourth-order valence-electron chi connectivity index (χ4n) is 10.9. The number of ether oxygens (including phenoxy) is 2. The number of carbonyl (C=O) groups excluding carboxylic acids is 1. The maximum absolute atomic E-state index is 13.1. The summed E-state index contributed by atoms with van der Waals surface area (Å²) in [6.07, 6.45) is 19.5. The summed E-state index contributed by atoms with van der Waals surface area (Å²) in [5.74, 6) is 12.1. The predicted molar refractivity (Wildman–Crippen MR) is 217 cm³/mol. The summed E-state index contributed by atoms with van der Waals surface area (Å²) >= 11 is 0. The van der Waals surface area contributed by atoms with Crippen LogP contribution in [0.15, 0.2) is 75.5 Å². The number of quaternary nitrogens is 1. The summed E-state index contributed by atoms with van der Waals surface area (Å²) in [5, 5.41) is 23.0. The van der Waals surface area contributed by atoms with Crippen LogP contribution < -0.4 is 20.1 Å². The molecule has 5 N–H and O–H groups in total. The highest BCUT2D eigenvalue weighted by molar-refractivity contribution is 5.89. The van der Waals surface area contributed by atoms with Crippen molar-refractivity contribution in [1.29, 1.82) is 0 Å². The number of rotatable bonds is 6. The summed E-state index contributed by atoms with van der Waals surface area (Å²) in [5.41, 5.74) is 14.6. The van der Waals surface area contributed by atoms with Gasteiger partial charge in [-0.15, -0.1) is 0 Å². The fraction of sp³-hybridized carbons (Fsp3) is 0.479. The molecule has 1 spiro atoms. The number of carbonyl (C=O) groups is 1. The normalized spacial score (nSPS) is 32.6. The molecule has 57 heavy (non-hydrogen) atoms. The Bertz CT molecular complexity index is 2290. The van der Waals surface area contributed by atoms with Crippen molar-refractivity contribution in [3.8, 4) is 35.4 Å². The number of aliphatic imine (C=N–C) groups is 2. The van der Waals surface area contributed by atoms with Crippen LogP contribution in [0.5, 0.6) is 11.5 Å². The van der Waals surface area contributed by atoms with Crippen molar-refractivity contribution in [2.24, 2.45) is 38.9 Å². The Balaban J connectivity index is 1.01. The maximum Gasteiger partial charge on any atom is 0.252 e. The van der Waals surface area contributed by atoms with Crippen LogP contribution in [-0.2, 0) is 11.2 Å². The van der Waals surface area contributed by atoms with Crippen LogP contribution in [0, 0.1) is 47.0 Å². The van der Waals surface area contributed by atoms with Crippen LogP contribution in [-0.4, -0.2) is 47.3 Å². The van der Waals surface area contributed by atoms with E-state index in [0.29, 0.717) is 36.8 Å². The lowest BCUT2D eigenvalue weighted by atomic mass is 9.68. The van der Waals surface area contributed by atoms with Gasteiger partial charge in [-0.2, -0.15) is 0 Å². The van der Waals surface area contributed by atoms with Gasteiger partial charge in [-0.05, 0) is 96.4 Å². The minimum Gasteiger partial charge on any atom is -0.437 e. The number of fused-ring (bicyclic) bond motifs is 6. The molecule has 292 valence electrons. The second kappa shape index (κ2) is 14.6. The molecule has 10 rings (SSSR count). The van der Waals surface area contributed by atoms with Gasteiger partial charge >= 0.3 is 0 Å². The van der Waals surface area contributed by atoms with Crippen LogP contribution in [0.4, 0.5) is 0 Å². The Kier molecular flexibility index (Phi) is 9.34. The van der Waals surface area contributed by atoms with Crippen molar-refractivity contribution in [2.45, 2.75) is 114 Å². The van der Waals surface area contributed by atoms with Gasteiger partial charge in [-0.25, -0.2) is 0 Å². The second-order valence-corrected chi connectivity index (χ2v) is 17.6. The number of aliphatic hydroxyl groups excluding tert-OH is 2. The van der Waals surface area contributed by atoms with E-state index >= 15 is 0 Å². The number of aryl methyl sites for hydroxylation is 1. The number of nitrogens with two attached hydrogens (primary N) is 1. The van der Waals surface area contributed by atoms with E-state index in [4.69, 9.17) is 20.2 Å². The Hall–Kier alpha value is -4.77. The van der Waals surface area contributed by atoms with E-state index < -0.39 is 30.0 Å². The topological polar surface area (TPSA) is 131 Å². The molecule has 8 aliphatic rings. The molecule has 0 radical (unpaired) electrons. The number of benzene rings is 2. The zero-order valence-electron chi connectivity index (χ0n) is 32.5. The molecule has 9 nitrogen and oxygen atoms in total. The first-order valence-corrected chi connectivity index (χ1v) is 21.1. The minimum atomic E-state index is -1.02. The van der Waals surface area contributed by atoms with Gasteiger partial charge in [-0.3, -0.25) is 19.7 Å². The lowest BCUT2D eigenvalue weighted by Crippen LogP contribution is -3.12. The maximum atomic E-state index is 13.1. The molecule has 5 aliphatic heterocycles. The molecule has 2 aromatic rings. The quantitative estimate of drug-likeness (QED) is 0.222. The van der Waals surface area contributed by atoms with E-state index in [1.165, 1.54) is 16.7 Å². The predicted octanol–water partition coefficient (Wildman–Crippen LogP) is 5.65. The third-order valence-corrected chi connectivity index (χ3v) is 14.1. The van der Waals surface area contributed by atoms with Gasteiger partial charge in [0.05, 0.1) is 11.5 Å². The van der Waals surface area contributed by atoms with Gasteiger partial charge in [0.15, 0.2) is 11.5 Å². The van der Waals surface area contributed by atoms with Crippen molar-refractivity contribution in [3.63, 3.8) is 0 Å². The Morgan fingerprint density at radius 1 is 1.05 bits per heavy atom. The molecular weight excluding hydrogens is 713 g/mol.